The molecule has 0 saturated carbocycles. The molecule has 0 N–H and O–H groups in total. The molecule has 0 radical (unpaired) electrons. The highest BCUT2D eigenvalue weighted by molar-refractivity contribution is 5.80. The van der Waals surface area contributed by atoms with Crippen molar-refractivity contribution in [1.82, 2.24) is 9.78 Å². The SMILES string of the molecule is Cc1cc(C)n(C[C@]2(c3ccccc3)OC(=O)[C@@H]2C)n1. The molecule has 1 aliphatic rings. The van der Waals surface area contributed by atoms with Gasteiger partial charge in [0.05, 0.1) is 12.2 Å². The van der Waals surface area contributed by atoms with Crippen LogP contribution in [-0.2, 0) is 21.7 Å². The van der Waals surface area contributed by atoms with Crippen LogP contribution in [0.3, 0.4) is 0 Å². The molecule has 104 valence electrons. The number of hydrogen-bond donors (Lipinski definition) is 0. The van der Waals surface area contributed by atoms with Crippen molar-refractivity contribution in [2.75, 3.05) is 0 Å². The van der Waals surface area contributed by atoms with Crippen LogP contribution in [0.15, 0.2) is 36.4 Å². The van der Waals surface area contributed by atoms with Crippen molar-refractivity contribution < 1.29 is 9.53 Å². The number of aromatic nitrogens is 2. The van der Waals surface area contributed by atoms with Crippen molar-refractivity contribution in [3.63, 3.8) is 0 Å². The highest BCUT2D eigenvalue weighted by Crippen LogP contribution is 2.44. The lowest BCUT2D eigenvalue weighted by Crippen LogP contribution is -2.56. The molecule has 4 heteroatoms. The van der Waals surface area contributed by atoms with Crippen LogP contribution < -0.4 is 0 Å². The van der Waals surface area contributed by atoms with Gasteiger partial charge in [0.2, 0.25) is 0 Å². The van der Waals surface area contributed by atoms with E-state index in [9.17, 15) is 4.79 Å². The van der Waals surface area contributed by atoms with Gasteiger partial charge in [0.1, 0.15) is 5.92 Å². The lowest BCUT2D eigenvalue weighted by Gasteiger charge is -2.46. The summed E-state index contributed by atoms with van der Waals surface area (Å²) in [5.74, 6) is -0.302. The molecule has 1 aliphatic heterocycles. The zero-order chi connectivity index (χ0) is 14.3. The maximum Gasteiger partial charge on any atom is 0.314 e. The van der Waals surface area contributed by atoms with E-state index in [0.29, 0.717) is 6.54 Å². The maximum atomic E-state index is 11.6. The quantitative estimate of drug-likeness (QED) is 0.805. The Morgan fingerprint density at radius 3 is 2.50 bits per heavy atom. The molecule has 0 amide bonds. The van der Waals surface area contributed by atoms with E-state index in [2.05, 4.69) is 5.10 Å². The van der Waals surface area contributed by atoms with Gasteiger partial charge in [-0.25, -0.2) is 0 Å². The van der Waals surface area contributed by atoms with Crippen molar-refractivity contribution in [2.24, 2.45) is 5.92 Å². The Labute approximate surface area is 118 Å². The van der Waals surface area contributed by atoms with Crippen molar-refractivity contribution in [3.05, 3.63) is 53.3 Å². The molecule has 0 spiro atoms. The molecular formula is C16H18N2O2. The number of hydrogen-bond acceptors (Lipinski definition) is 3. The van der Waals surface area contributed by atoms with Crippen molar-refractivity contribution in [1.29, 1.82) is 0 Å². The Bertz CT molecular complexity index is 648. The van der Waals surface area contributed by atoms with Gasteiger partial charge in [-0.05, 0) is 32.4 Å². The van der Waals surface area contributed by atoms with Crippen LogP contribution >= 0.6 is 0 Å². The standard InChI is InChI=1S/C16H18N2O2/c1-11-9-12(2)18(17-11)10-16(13(3)15(19)20-16)14-7-5-4-6-8-14/h4-9,13H,10H2,1-3H3/t13-,16-/m0/s1. The van der Waals surface area contributed by atoms with Gasteiger partial charge in [0, 0.05) is 5.69 Å². The number of rotatable bonds is 3. The summed E-state index contributed by atoms with van der Waals surface area (Å²) in [6.07, 6.45) is 0. The number of benzene rings is 1. The molecule has 1 aromatic carbocycles. The van der Waals surface area contributed by atoms with Gasteiger partial charge >= 0.3 is 5.97 Å². The van der Waals surface area contributed by atoms with E-state index in [0.717, 1.165) is 17.0 Å². The first kappa shape index (κ1) is 12.9. The number of nitrogens with zero attached hydrogens (tertiary/aromatic N) is 2. The highest BCUT2D eigenvalue weighted by atomic mass is 16.6. The lowest BCUT2D eigenvalue weighted by molar-refractivity contribution is -0.218. The summed E-state index contributed by atoms with van der Waals surface area (Å²) >= 11 is 0. The van der Waals surface area contributed by atoms with Gasteiger partial charge in [-0.15, -0.1) is 0 Å². The van der Waals surface area contributed by atoms with E-state index in [1.165, 1.54) is 0 Å². The molecule has 1 fully saturated rings. The molecule has 20 heavy (non-hydrogen) atoms. The van der Waals surface area contributed by atoms with E-state index in [1.54, 1.807) is 0 Å². The molecule has 2 atom stereocenters. The number of aryl methyl sites for hydroxylation is 2. The minimum absolute atomic E-state index is 0.143. The van der Waals surface area contributed by atoms with Crippen LogP contribution in [0.1, 0.15) is 23.9 Å². The van der Waals surface area contributed by atoms with E-state index in [-0.39, 0.29) is 11.9 Å². The van der Waals surface area contributed by atoms with E-state index < -0.39 is 5.60 Å². The first-order chi connectivity index (χ1) is 9.53. The van der Waals surface area contributed by atoms with Crippen molar-refractivity contribution >= 4 is 5.97 Å². The molecule has 4 nitrogen and oxygen atoms in total. The summed E-state index contributed by atoms with van der Waals surface area (Å²) in [4.78, 5) is 11.6. The van der Waals surface area contributed by atoms with Gasteiger partial charge in [0.15, 0.2) is 5.60 Å². The first-order valence-corrected chi connectivity index (χ1v) is 6.82. The second kappa shape index (κ2) is 4.47. The maximum absolute atomic E-state index is 11.6. The Balaban J connectivity index is 2.00. The molecule has 0 bridgehead atoms. The molecule has 1 saturated heterocycles. The normalized spacial score (nSPS) is 25.1. The van der Waals surface area contributed by atoms with Gasteiger partial charge in [-0.2, -0.15) is 5.10 Å². The zero-order valence-electron chi connectivity index (χ0n) is 12.0. The van der Waals surface area contributed by atoms with Crippen LogP contribution in [0, 0.1) is 19.8 Å². The van der Waals surface area contributed by atoms with E-state index in [1.807, 2.05) is 61.9 Å². The van der Waals surface area contributed by atoms with Crippen LogP contribution in [-0.4, -0.2) is 15.7 Å². The number of cyclic esters (lactones) is 1. The molecule has 2 heterocycles. The third-order valence-corrected chi connectivity index (χ3v) is 4.09. The minimum atomic E-state index is -0.596. The van der Waals surface area contributed by atoms with E-state index in [4.69, 9.17) is 4.74 Å². The van der Waals surface area contributed by atoms with Crippen molar-refractivity contribution in [2.45, 2.75) is 32.9 Å². The van der Waals surface area contributed by atoms with Gasteiger partial charge < -0.3 is 4.74 Å². The fourth-order valence-electron chi connectivity index (χ4n) is 2.84. The smallest absolute Gasteiger partial charge is 0.314 e. The average molecular weight is 270 g/mol. The summed E-state index contributed by atoms with van der Waals surface area (Å²) in [7, 11) is 0. The Morgan fingerprint density at radius 1 is 1.30 bits per heavy atom. The number of carbonyl (C=O) groups excluding carboxylic acids is 1. The molecule has 0 unspecified atom stereocenters. The van der Waals surface area contributed by atoms with Crippen LogP contribution in [0.2, 0.25) is 0 Å². The second-order valence-electron chi connectivity index (χ2n) is 5.48. The molecular weight excluding hydrogens is 252 g/mol. The summed E-state index contributed by atoms with van der Waals surface area (Å²) in [6.45, 7) is 6.47. The fourth-order valence-corrected chi connectivity index (χ4v) is 2.84. The minimum Gasteiger partial charge on any atom is -0.451 e. The Morgan fingerprint density at radius 2 is 2.00 bits per heavy atom. The predicted octanol–water partition coefficient (Wildman–Crippen LogP) is 2.59. The number of esters is 1. The third kappa shape index (κ3) is 1.83. The third-order valence-electron chi connectivity index (χ3n) is 4.09. The van der Waals surface area contributed by atoms with Gasteiger partial charge in [-0.3, -0.25) is 9.48 Å². The van der Waals surface area contributed by atoms with Crippen LogP contribution in [0.5, 0.6) is 0 Å². The van der Waals surface area contributed by atoms with Gasteiger partial charge in [0.25, 0.3) is 0 Å². The summed E-state index contributed by atoms with van der Waals surface area (Å²) in [5, 5.41) is 4.49. The summed E-state index contributed by atoms with van der Waals surface area (Å²) in [5.41, 5.74) is 2.48. The zero-order valence-corrected chi connectivity index (χ0v) is 12.0. The highest BCUT2D eigenvalue weighted by Gasteiger charge is 2.55. The summed E-state index contributed by atoms with van der Waals surface area (Å²) in [6, 6.07) is 12.0. The van der Waals surface area contributed by atoms with E-state index >= 15 is 0 Å². The predicted molar refractivity (Wildman–Crippen MR) is 75.1 cm³/mol. The molecule has 2 aromatic rings. The molecule has 1 aromatic heterocycles. The fraction of sp³-hybridized carbons (Fsp3) is 0.375. The Hall–Kier alpha value is -2.10. The van der Waals surface area contributed by atoms with Crippen LogP contribution in [0.25, 0.3) is 0 Å². The molecule has 3 rings (SSSR count). The van der Waals surface area contributed by atoms with Crippen molar-refractivity contribution in [3.8, 4) is 0 Å². The number of carbonyl (C=O) groups is 1. The Kier molecular flexibility index (Phi) is 2.89. The average Bonchev–Trinajstić information content (AvgIpc) is 2.76. The topological polar surface area (TPSA) is 44.1 Å². The van der Waals surface area contributed by atoms with Crippen LogP contribution in [0.4, 0.5) is 0 Å². The largest absolute Gasteiger partial charge is 0.451 e. The lowest BCUT2D eigenvalue weighted by atomic mass is 9.77. The van der Waals surface area contributed by atoms with Gasteiger partial charge in [-0.1, -0.05) is 30.3 Å². The monoisotopic (exact) mass is 270 g/mol. The second-order valence-corrected chi connectivity index (χ2v) is 5.48. The number of ether oxygens (including phenoxy) is 1. The molecule has 0 aliphatic carbocycles. The first-order valence-electron chi connectivity index (χ1n) is 6.82. The summed E-state index contributed by atoms with van der Waals surface area (Å²) < 4.78 is 7.52.